The van der Waals surface area contributed by atoms with E-state index in [9.17, 15) is 14.0 Å². The number of hydrogen-bond acceptors (Lipinski definition) is 4. The fraction of sp³-hybridized carbons (Fsp3) is 0.389. The molecule has 1 atom stereocenters. The molecule has 0 radical (unpaired) electrons. The second kappa shape index (κ2) is 16.6. The Labute approximate surface area is 250 Å². The van der Waals surface area contributed by atoms with E-state index in [0.29, 0.717) is 37.5 Å². The van der Waals surface area contributed by atoms with Gasteiger partial charge in [0.2, 0.25) is 0 Å². The second-order valence-corrected chi connectivity index (χ2v) is 11.1. The fourth-order valence-electron chi connectivity index (χ4n) is 5.37. The van der Waals surface area contributed by atoms with Crippen molar-refractivity contribution < 1.29 is 18.7 Å². The quantitative estimate of drug-likeness (QED) is 0.178. The molecule has 0 aliphatic carbocycles. The van der Waals surface area contributed by atoms with Crippen LogP contribution in [-0.2, 0) is 11.2 Å². The van der Waals surface area contributed by atoms with Gasteiger partial charge in [0.15, 0.2) is 5.78 Å². The third-order valence-electron chi connectivity index (χ3n) is 7.62. The van der Waals surface area contributed by atoms with Gasteiger partial charge >= 0.3 is 0 Å². The van der Waals surface area contributed by atoms with Crippen LogP contribution in [0.2, 0.25) is 0 Å². The third-order valence-corrected chi connectivity index (χ3v) is 7.62. The summed E-state index contributed by atoms with van der Waals surface area (Å²) in [6.45, 7) is 10.1. The van der Waals surface area contributed by atoms with Crippen LogP contribution < -0.4 is 15.8 Å². The van der Waals surface area contributed by atoms with Gasteiger partial charge in [-0.15, -0.1) is 0 Å². The van der Waals surface area contributed by atoms with E-state index in [-0.39, 0.29) is 17.5 Å². The van der Waals surface area contributed by atoms with E-state index in [1.807, 2.05) is 49.4 Å². The highest BCUT2D eigenvalue weighted by molar-refractivity contribution is 5.96. The van der Waals surface area contributed by atoms with Crippen molar-refractivity contribution in [1.29, 1.82) is 0 Å². The second-order valence-electron chi connectivity index (χ2n) is 11.1. The van der Waals surface area contributed by atoms with E-state index < -0.39 is 0 Å². The van der Waals surface area contributed by atoms with Crippen LogP contribution in [0, 0.1) is 18.7 Å². The molecule has 3 aromatic rings. The number of rotatable bonds is 16. The van der Waals surface area contributed by atoms with E-state index in [1.165, 1.54) is 6.07 Å². The molecule has 5 nitrogen and oxygen atoms in total. The zero-order chi connectivity index (χ0) is 30.5. The van der Waals surface area contributed by atoms with Crippen LogP contribution in [0.15, 0.2) is 60.7 Å². The number of Topliss-reactive ketones (excluding diaryl/α,β-unsaturated/α-hetero) is 1. The Bertz CT molecular complexity index is 1430. The highest BCUT2D eigenvalue weighted by Crippen LogP contribution is 2.19. The molecule has 0 heterocycles. The first kappa shape index (κ1) is 32.7. The maximum atomic E-state index is 13.5. The van der Waals surface area contributed by atoms with Gasteiger partial charge in [0.25, 0.3) is 5.91 Å². The molecule has 0 aliphatic heterocycles. The number of ketones is 1. The molecule has 1 amide bonds. The van der Waals surface area contributed by atoms with Crippen LogP contribution >= 0.6 is 0 Å². The monoisotopic (exact) mass is 572 g/mol. The Kier molecular flexibility index (Phi) is 13.0. The Morgan fingerprint density at radius 1 is 1.07 bits per heavy atom. The number of carbonyl (C=O) groups is 2. The minimum Gasteiger partial charge on any atom is -0.383 e. The Morgan fingerprint density at radius 2 is 1.83 bits per heavy atom. The average molecular weight is 573 g/mol. The van der Waals surface area contributed by atoms with Crippen molar-refractivity contribution in [2.24, 2.45) is 5.92 Å². The molecule has 0 aromatic heterocycles. The SMILES string of the molecule is C=c1ccc(C(=O)NCCOC)c(C)/c1=C/N(C)CC(CCC)CCCC(=O)c1ccc(Cc2cccc(F)c2)cc1. The first-order valence-corrected chi connectivity index (χ1v) is 14.9. The van der Waals surface area contributed by atoms with Gasteiger partial charge < -0.3 is 15.0 Å². The van der Waals surface area contributed by atoms with Gasteiger partial charge in [-0.3, -0.25) is 9.59 Å². The van der Waals surface area contributed by atoms with Crippen LogP contribution in [0.3, 0.4) is 0 Å². The summed E-state index contributed by atoms with van der Waals surface area (Å²) in [6, 6.07) is 18.0. The fourth-order valence-corrected chi connectivity index (χ4v) is 5.37. The lowest BCUT2D eigenvalue weighted by atomic mass is 9.94. The molecule has 42 heavy (non-hydrogen) atoms. The number of nitrogens with zero attached hydrogens (tertiary/aromatic N) is 1. The van der Waals surface area contributed by atoms with Gasteiger partial charge in [-0.2, -0.15) is 0 Å². The molecule has 0 bridgehead atoms. The van der Waals surface area contributed by atoms with Gasteiger partial charge in [-0.1, -0.05) is 62.4 Å². The largest absolute Gasteiger partial charge is 0.383 e. The number of hydrogen-bond donors (Lipinski definition) is 1. The van der Waals surface area contributed by atoms with Crippen LogP contribution in [0.25, 0.3) is 12.8 Å². The molecule has 224 valence electrons. The van der Waals surface area contributed by atoms with Gasteiger partial charge in [0, 0.05) is 56.2 Å². The summed E-state index contributed by atoms with van der Waals surface area (Å²) in [5, 5.41) is 4.74. The minimum atomic E-state index is -0.236. The van der Waals surface area contributed by atoms with Crippen molar-refractivity contribution in [3.8, 4) is 0 Å². The average Bonchev–Trinajstić information content (AvgIpc) is 2.96. The van der Waals surface area contributed by atoms with Crippen molar-refractivity contribution in [3.05, 3.63) is 105 Å². The zero-order valence-corrected chi connectivity index (χ0v) is 25.5. The normalized spacial score (nSPS) is 12.3. The van der Waals surface area contributed by atoms with E-state index in [4.69, 9.17) is 4.74 Å². The first-order chi connectivity index (χ1) is 20.2. The van der Waals surface area contributed by atoms with Crippen molar-refractivity contribution in [2.45, 2.75) is 52.4 Å². The lowest BCUT2D eigenvalue weighted by Crippen LogP contribution is -2.35. The molecule has 0 saturated carbocycles. The zero-order valence-electron chi connectivity index (χ0n) is 25.5. The molecule has 1 N–H and O–H groups in total. The van der Waals surface area contributed by atoms with Gasteiger partial charge in [0.1, 0.15) is 5.82 Å². The highest BCUT2D eigenvalue weighted by Gasteiger charge is 2.14. The Morgan fingerprint density at radius 3 is 2.52 bits per heavy atom. The lowest BCUT2D eigenvalue weighted by Gasteiger charge is -2.23. The lowest BCUT2D eigenvalue weighted by molar-refractivity contribution is 0.0935. The highest BCUT2D eigenvalue weighted by atomic mass is 19.1. The van der Waals surface area contributed by atoms with Crippen LogP contribution in [-0.4, -0.2) is 50.4 Å². The Hall–Kier alpha value is -3.77. The molecule has 3 rings (SSSR count). The summed E-state index contributed by atoms with van der Waals surface area (Å²) in [7, 11) is 3.67. The molecule has 0 fully saturated rings. The predicted octanol–water partition coefficient (Wildman–Crippen LogP) is 5.65. The van der Waals surface area contributed by atoms with E-state index in [0.717, 1.165) is 64.9 Å². The number of ether oxygens (including phenoxy) is 1. The summed E-state index contributed by atoms with van der Waals surface area (Å²) in [5.74, 6) is 0.253. The smallest absolute Gasteiger partial charge is 0.251 e. The molecule has 3 aromatic carbocycles. The maximum absolute atomic E-state index is 13.5. The maximum Gasteiger partial charge on any atom is 0.251 e. The van der Waals surface area contributed by atoms with Crippen LogP contribution in [0.4, 0.5) is 4.39 Å². The molecule has 0 spiro atoms. The van der Waals surface area contributed by atoms with Crippen LogP contribution in [0.5, 0.6) is 0 Å². The van der Waals surface area contributed by atoms with Crippen molar-refractivity contribution >= 4 is 24.5 Å². The number of halogens is 1. The number of methoxy groups -OCH3 is 1. The van der Waals surface area contributed by atoms with Gasteiger partial charge in [-0.25, -0.2) is 4.39 Å². The predicted molar refractivity (Wildman–Crippen MR) is 169 cm³/mol. The summed E-state index contributed by atoms with van der Waals surface area (Å²) in [5.41, 5.74) is 4.24. The van der Waals surface area contributed by atoms with Crippen molar-refractivity contribution in [3.63, 3.8) is 0 Å². The van der Waals surface area contributed by atoms with E-state index in [2.05, 4.69) is 37.0 Å². The van der Waals surface area contributed by atoms with E-state index >= 15 is 0 Å². The van der Waals surface area contributed by atoms with Crippen LogP contribution in [0.1, 0.15) is 76.4 Å². The molecule has 1 unspecified atom stereocenters. The molecule has 0 aliphatic rings. The first-order valence-electron chi connectivity index (χ1n) is 14.9. The number of benzene rings is 3. The minimum absolute atomic E-state index is 0.114. The summed E-state index contributed by atoms with van der Waals surface area (Å²) in [6.07, 6.45) is 7.19. The van der Waals surface area contributed by atoms with Crippen molar-refractivity contribution in [1.82, 2.24) is 10.2 Å². The Balaban J connectivity index is 1.57. The van der Waals surface area contributed by atoms with Crippen molar-refractivity contribution in [2.75, 3.05) is 33.9 Å². The summed E-state index contributed by atoms with van der Waals surface area (Å²) < 4.78 is 18.5. The van der Waals surface area contributed by atoms with Gasteiger partial charge in [0.05, 0.1) is 6.61 Å². The summed E-state index contributed by atoms with van der Waals surface area (Å²) in [4.78, 5) is 27.8. The number of nitrogens with one attached hydrogen (secondary N) is 1. The number of amides is 1. The summed E-state index contributed by atoms with van der Waals surface area (Å²) >= 11 is 0. The third kappa shape index (κ3) is 9.95. The standard InChI is InChI=1S/C36H45FN2O3/c1-6-9-29(24-39(4)25-34-26(2)14-19-33(27(34)3)36(41)38-20-21-42-5)10-8-13-35(40)31-17-15-28(16-18-31)22-30-11-7-12-32(37)23-30/h7,11-12,14-19,23,25,29H,2,6,8-10,13,20-22,24H2,1,3-5H3,(H,38,41)/b34-25+. The van der Waals surface area contributed by atoms with E-state index in [1.54, 1.807) is 19.2 Å². The molecule has 6 heteroatoms. The number of carbonyl (C=O) groups excluding carboxylic acids is 2. The topological polar surface area (TPSA) is 58.6 Å². The molecule has 0 saturated heterocycles. The molecular weight excluding hydrogens is 527 g/mol. The molecular formula is C36H45FN2O3. The van der Waals surface area contributed by atoms with Gasteiger partial charge in [-0.05, 0) is 78.6 Å².